The molecule has 0 aromatic heterocycles. The Balaban J connectivity index is 1.91. The molecule has 21 heavy (non-hydrogen) atoms. The summed E-state index contributed by atoms with van der Waals surface area (Å²) in [5.41, 5.74) is 1.68. The van der Waals surface area contributed by atoms with Crippen molar-refractivity contribution in [1.82, 2.24) is 0 Å². The molecule has 106 valence electrons. The molecule has 1 N–H and O–H groups in total. The fourth-order valence-electron chi connectivity index (χ4n) is 2.34. The van der Waals surface area contributed by atoms with E-state index < -0.39 is 5.82 Å². The van der Waals surface area contributed by atoms with Crippen LogP contribution in [0, 0.1) is 5.82 Å². The second kappa shape index (κ2) is 5.92. The Morgan fingerprint density at radius 3 is 2.33 bits per heavy atom. The first kappa shape index (κ1) is 14.2. The normalized spacial score (nSPS) is 10.8. The van der Waals surface area contributed by atoms with Crippen molar-refractivity contribution in [2.75, 3.05) is 5.32 Å². The summed E-state index contributed by atoms with van der Waals surface area (Å²) in [7, 11) is 0. The van der Waals surface area contributed by atoms with Gasteiger partial charge < -0.3 is 5.32 Å². The Morgan fingerprint density at radius 2 is 1.57 bits per heavy atom. The molecule has 3 aromatic carbocycles. The van der Waals surface area contributed by atoms with Crippen LogP contribution in [-0.4, -0.2) is 0 Å². The first-order chi connectivity index (χ1) is 10.1. The van der Waals surface area contributed by atoms with Gasteiger partial charge in [-0.1, -0.05) is 65.7 Å². The first-order valence-electron chi connectivity index (χ1n) is 6.50. The van der Waals surface area contributed by atoms with E-state index in [1.165, 1.54) is 22.9 Å². The van der Waals surface area contributed by atoms with E-state index in [2.05, 4.69) is 23.5 Å². The molecule has 0 saturated carbocycles. The topological polar surface area (TPSA) is 12.0 Å². The molecule has 0 bridgehead atoms. The molecule has 3 rings (SSSR count). The van der Waals surface area contributed by atoms with Gasteiger partial charge in [-0.05, 0) is 28.5 Å². The molecule has 0 heterocycles. The van der Waals surface area contributed by atoms with Gasteiger partial charge in [-0.2, -0.15) is 0 Å². The van der Waals surface area contributed by atoms with E-state index in [1.54, 1.807) is 0 Å². The van der Waals surface area contributed by atoms with Crippen molar-refractivity contribution in [3.8, 4) is 0 Å². The summed E-state index contributed by atoms with van der Waals surface area (Å²) in [6.07, 6.45) is 0. The molecule has 0 aliphatic heterocycles. The van der Waals surface area contributed by atoms with Crippen molar-refractivity contribution in [1.29, 1.82) is 0 Å². The molecular formula is C17H12Cl2FN. The Bertz CT molecular complexity index is 773. The second-order valence-electron chi connectivity index (χ2n) is 4.74. The van der Waals surface area contributed by atoms with Gasteiger partial charge in [0.05, 0.1) is 15.7 Å². The number of hydrogen-bond acceptors (Lipinski definition) is 1. The summed E-state index contributed by atoms with van der Waals surface area (Å²) in [6.45, 7) is 0.562. The largest absolute Gasteiger partial charge is 0.379 e. The third-order valence-electron chi connectivity index (χ3n) is 3.34. The zero-order valence-corrected chi connectivity index (χ0v) is 12.5. The molecule has 3 aromatic rings. The highest BCUT2D eigenvalue weighted by atomic mass is 35.5. The van der Waals surface area contributed by atoms with E-state index in [-0.39, 0.29) is 10.0 Å². The highest BCUT2D eigenvalue weighted by molar-refractivity contribution is 6.39. The monoisotopic (exact) mass is 319 g/mol. The van der Waals surface area contributed by atoms with Crippen LogP contribution in [0.4, 0.5) is 10.1 Å². The molecule has 0 amide bonds. The molecule has 0 atom stereocenters. The van der Waals surface area contributed by atoms with Gasteiger partial charge in [0.15, 0.2) is 0 Å². The number of halogens is 3. The molecule has 0 aliphatic carbocycles. The number of fused-ring (bicyclic) bond motifs is 1. The number of anilines is 1. The summed E-state index contributed by atoms with van der Waals surface area (Å²) in [5, 5.41) is 6.08. The van der Waals surface area contributed by atoms with Gasteiger partial charge >= 0.3 is 0 Å². The lowest BCUT2D eigenvalue weighted by molar-refractivity contribution is 0.628. The maximum absolute atomic E-state index is 13.2. The molecule has 0 saturated heterocycles. The van der Waals surface area contributed by atoms with E-state index in [9.17, 15) is 4.39 Å². The Labute approximate surface area is 132 Å². The maximum atomic E-state index is 13.2. The van der Waals surface area contributed by atoms with Gasteiger partial charge in [-0.25, -0.2) is 4.39 Å². The van der Waals surface area contributed by atoms with Crippen LogP contribution >= 0.6 is 23.2 Å². The predicted octanol–water partition coefficient (Wildman–Crippen LogP) is 5.90. The van der Waals surface area contributed by atoms with Crippen LogP contribution in [-0.2, 0) is 6.54 Å². The quantitative estimate of drug-likeness (QED) is 0.634. The molecule has 0 spiro atoms. The molecule has 0 unspecified atom stereocenters. The summed E-state index contributed by atoms with van der Waals surface area (Å²) in [6, 6.07) is 16.8. The minimum absolute atomic E-state index is 0.278. The average molecular weight is 320 g/mol. The van der Waals surface area contributed by atoms with Crippen molar-refractivity contribution < 1.29 is 4.39 Å². The van der Waals surface area contributed by atoms with E-state index in [0.717, 1.165) is 5.56 Å². The Morgan fingerprint density at radius 1 is 0.905 bits per heavy atom. The predicted molar refractivity (Wildman–Crippen MR) is 87.7 cm³/mol. The molecule has 0 fully saturated rings. The molecule has 0 radical (unpaired) electrons. The fourth-order valence-corrected chi connectivity index (χ4v) is 2.94. The number of hydrogen-bond donors (Lipinski definition) is 1. The summed E-state index contributed by atoms with van der Waals surface area (Å²) < 4.78 is 13.2. The van der Waals surface area contributed by atoms with Crippen molar-refractivity contribution in [3.63, 3.8) is 0 Å². The van der Waals surface area contributed by atoms with Gasteiger partial charge in [0, 0.05) is 6.54 Å². The van der Waals surface area contributed by atoms with Gasteiger partial charge in [-0.3, -0.25) is 0 Å². The zero-order chi connectivity index (χ0) is 14.8. The number of rotatable bonds is 3. The third-order valence-corrected chi connectivity index (χ3v) is 3.94. The summed E-state index contributed by atoms with van der Waals surface area (Å²) in [4.78, 5) is 0. The second-order valence-corrected chi connectivity index (χ2v) is 5.55. The van der Waals surface area contributed by atoms with Crippen molar-refractivity contribution in [2.24, 2.45) is 0 Å². The van der Waals surface area contributed by atoms with Crippen LogP contribution in [0.3, 0.4) is 0 Å². The third kappa shape index (κ3) is 2.97. The van der Waals surface area contributed by atoms with Crippen LogP contribution in [0.1, 0.15) is 5.56 Å². The fraction of sp³-hybridized carbons (Fsp3) is 0.0588. The van der Waals surface area contributed by atoms with Gasteiger partial charge in [-0.15, -0.1) is 0 Å². The van der Waals surface area contributed by atoms with E-state index in [4.69, 9.17) is 23.2 Å². The SMILES string of the molecule is Fc1cc(Cl)c(NCc2cccc3ccccc23)c(Cl)c1. The van der Waals surface area contributed by atoms with E-state index >= 15 is 0 Å². The van der Waals surface area contributed by atoms with Crippen LogP contribution in [0.25, 0.3) is 10.8 Å². The first-order valence-corrected chi connectivity index (χ1v) is 7.26. The van der Waals surface area contributed by atoms with Crippen molar-refractivity contribution in [2.45, 2.75) is 6.54 Å². The zero-order valence-electron chi connectivity index (χ0n) is 11.0. The van der Waals surface area contributed by atoms with E-state index in [1.807, 2.05) is 24.3 Å². The minimum Gasteiger partial charge on any atom is -0.379 e. The summed E-state index contributed by atoms with van der Waals surface area (Å²) >= 11 is 12.1. The van der Waals surface area contributed by atoms with Crippen LogP contribution in [0.5, 0.6) is 0 Å². The smallest absolute Gasteiger partial charge is 0.126 e. The lowest BCUT2D eigenvalue weighted by Crippen LogP contribution is -2.01. The van der Waals surface area contributed by atoms with Crippen LogP contribution < -0.4 is 5.32 Å². The standard InChI is InChI=1S/C17H12Cl2FN/c18-15-8-13(20)9-16(19)17(15)21-10-12-6-3-5-11-4-1-2-7-14(11)12/h1-9,21H,10H2. The lowest BCUT2D eigenvalue weighted by Gasteiger charge is -2.12. The lowest BCUT2D eigenvalue weighted by atomic mass is 10.0. The van der Waals surface area contributed by atoms with Gasteiger partial charge in [0.2, 0.25) is 0 Å². The van der Waals surface area contributed by atoms with Crippen LogP contribution in [0.15, 0.2) is 54.6 Å². The van der Waals surface area contributed by atoms with E-state index in [0.29, 0.717) is 12.2 Å². The van der Waals surface area contributed by atoms with Crippen molar-refractivity contribution >= 4 is 39.7 Å². The molecule has 0 aliphatic rings. The highest BCUT2D eigenvalue weighted by Crippen LogP contribution is 2.32. The molecule has 1 nitrogen and oxygen atoms in total. The minimum atomic E-state index is -0.444. The van der Waals surface area contributed by atoms with Gasteiger partial charge in [0.1, 0.15) is 5.82 Å². The number of nitrogens with one attached hydrogen (secondary N) is 1. The average Bonchev–Trinajstić information content (AvgIpc) is 2.46. The Kier molecular flexibility index (Phi) is 4.00. The molecule has 4 heteroatoms. The number of benzene rings is 3. The summed E-state index contributed by atoms with van der Waals surface area (Å²) in [5.74, 6) is -0.444. The Hall–Kier alpha value is -1.77. The van der Waals surface area contributed by atoms with Crippen molar-refractivity contribution in [3.05, 3.63) is 76.0 Å². The highest BCUT2D eigenvalue weighted by Gasteiger charge is 2.09. The van der Waals surface area contributed by atoms with Gasteiger partial charge in [0.25, 0.3) is 0 Å². The maximum Gasteiger partial charge on any atom is 0.126 e. The van der Waals surface area contributed by atoms with Crippen LogP contribution in [0.2, 0.25) is 10.0 Å². The molecular weight excluding hydrogens is 308 g/mol.